The highest BCUT2D eigenvalue weighted by Gasteiger charge is 2.18. The minimum Gasteiger partial charge on any atom is -0.387 e. The Balaban J connectivity index is 2.72. The van der Waals surface area contributed by atoms with Crippen LogP contribution in [0.1, 0.15) is 25.5 Å². The SMILES string of the molecule is CC(C)CN(CC(O)c1ccc(F)cc1)C(=O)CN. The Morgan fingerprint density at radius 3 is 2.37 bits per heavy atom. The number of nitrogens with zero attached hydrogens (tertiary/aromatic N) is 1. The summed E-state index contributed by atoms with van der Waals surface area (Å²) >= 11 is 0. The van der Waals surface area contributed by atoms with Crippen LogP contribution in [0.25, 0.3) is 0 Å². The van der Waals surface area contributed by atoms with Crippen LogP contribution in [0.15, 0.2) is 24.3 Å². The summed E-state index contributed by atoms with van der Waals surface area (Å²) in [6.45, 7) is 4.60. The van der Waals surface area contributed by atoms with Crippen molar-refractivity contribution in [3.8, 4) is 0 Å². The summed E-state index contributed by atoms with van der Waals surface area (Å²) in [5.41, 5.74) is 5.94. The lowest BCUT2D eigenvalue weighted by molar-refractivity contribution is -0.131. The lowest BCUT2D eigenvalue weighted by Crippen LogP contribution is -2.40. The van der Waals surface area contributed by atoms with Crippen LogP contribution in [0.5, 0.6) is 0 Å². The van der Waals surface area contributed by atoms with Crippen molar-refractivity contribution in [2.75, 3.05) is 19.6 Å². The number of halogens is 1. The van der Waals surface area contributed by atoms with Crippen LogP contribution in [-0.2, 0) is 4.79 Å². The molecule has 0 saturated carbocycles. The van der Waals surface area contributed by atoms with E-state index in [1.165, 1.54) is 24.3 Å². The van der Waals surface area contributed by atoms with Gasteiger partial charge in [0.05, 0.1) is 19.2 Å². The van der Waals surface area contributed by atoms with E-state index in [0.29, 0.717) is 12.1 Å². The Kier molecular flexibility index (Phi) is 5.92. The Hall–Kier alpha value is -1.46. The molecule has 0 aromatic heterocycles. The molecule has 0 bridgehead atoms. The van der Waals surface area contributed by atoms with E-state index in [0.717, 1.165) is 0 Å². The van der Waals surface area contributed by atoms with Gasteiger partial charge in [0, 0.05) is 6.54 Å². The summed E-state index contributed by atoms with van der Waals surface area (Å²) in [6, 6.07) is 5.60. The van der Waals surface area contributed by atoms with E-state index in [4.69, 9.17) is 5.73 Å². The van der Waals surface area contributed by atoms with Crippen LogP contribution in [0.3, 0.4) is 0 Å². The summed E-state index contributed by atoms with van der Waals surface area (Å²) in [5.74, 6) is -0.265. The molecule has 1 rings (SSSR count). The molecule has 1 amide bonds. The average molecular weight is 268 g/mol. The second-order valence-corrected chi connectivity index (χ2v) is 4.96. The van der Waals surface area contributed by atoms with E-state index in [9.17, 15) is 14.3 Å². The summed E-state index contributed by atoms with van der Waals surface area (Å²) in [7, 11) is 0. The normalized spacial score (nSPS) is 12.5. The molecule has 3 N–H and O–H groups in total. The van der Waals surface area contributed by atoms with E-state index in [1.54, 1.807) is 4.90 Å². The van der Waals surface area contributed by atoms with Crippen molar-refractivity contribution in [3.63, 3.8) is 0 Å². The molecular formula is C14H21FN2O2. The molecule has 0 fully saturated rings. The standard InChI is InChI=1S/C14H21FN2O2/c1-10(2)8-17(14(19)7-16)9-13(18)11-3-5-12(15)6-4-11/h3-6,10,13,18H,7-9,16H2,1-2H3. The summed E-state index contributed by atoms with van der Waals surface area (Å²) < 4.78 is 12.8. The number of carbonyl (C=O) groups excluding carboxylic acids is 1. The number of aliphatic hydroxyl groups excluding tert-OH is 1. The molecule has 1 aromatic carbocycles. The molecule has 0 heterocycles. The first-order valence-corrected chi connectivity index (χ1v) is 6.35. The van der Waals surface area contributed by atoms with Crippen LogP contribution in [0.4, 0.5) is 4.39 Å². The van der Waals surface area contributed by atoms with E-state index in [2.05, 4.69) is 0 Å². The summed E-state index contributed by atoms with van der Waals surface area (Å²) in [5, 5.41) is 10.1. The third kappa shape index (κ3) is 4.96. The fourth-order valence-electron chi connectivity index (χ4n) is 1.85. The maximum Gasteiger partial charge on any atom is 0.236 e. The molecule has 0 spiro atoms. The zero-order chi connectivity index (χ0) is 14.4. The van der Waals surface area contributed by atoms with Gasteiger partial charge in [-0.05, 0) is 23.6 Å². The summed E-state index contributed by atoms with van der Waals surface area (Å²) in [6.07, 6.45) is -0.838. The predicted octanol–water partition coefficient (Wildman–Crippen LogP) is 1.30. The lowest BCUT2D eigenvalue weighted by Gasteiger charge is -2.26. The number of nitrogens with two attached hydrogens (primary N) is 1. The maximum atomic E-state index is 12.8. The second kappa shape index (κ2) is 7.21. The molecule has 0 radical (unpaired) electrons. The average Bonchev–Trinajstić information content (AvgIpc) is 2.37. The largest absolute Gasteiger partial charge is 0.387 e. The minimum absolute atomic E-state index is 0.0805. The van der Waals surface area contributed by atoms with Gasteiger partial charge in [0.15, 0.2) is 0 Å². The zero-order valence-electron chi connectivity index (χ0n) is 11.3. The quantitative estimate of drug-likeness (QED) is 0.817. The van der Waals surface area contributed by atoms with Gasteiger partial charge in [0.2, 0.25) is 5.91 Å². The number of carbonyl (C=O) groups is 1. The molecule has 19 heavy (non-hydrogen) atoms. The van der Waals surface area contributed by atoms with Gasteiger partial charge >= 0.3 is 0 Å². The van der Waals surface area contributed by atoms with Crippen molar-refractivity contribution >= 4 is 5.91 Å². The maximum absolute atomic E-state index is 12.8. The Bertz CT molecular complexity index is 406. The van der Waals surface area contributed by atoms with Gasteiger partial charge in [-0.1, -0.05) is 26.0 Å². The van der Waals surface area contributed by atoms with Gasteiger partial charge in [-0.25, -0.2) is 4.39 Å². The molecule has 1 atom stereocenters. The van der Waals surface area contributed by atoms with Crippen molar-refractivity contribution in [1.29, 1.82) is 0 Å². The van der Waals surface area contributed by atoms with E-state index in [1.807, 2.05) is 13.8 Å². The van der Waals surface area contributed by atoms with Gasteiger partial charge in [0.25, 0.3) is 0 Å². The molecule has 0 aliphatic rings. The smallest absolute Gasteiger partial charge is 0.236 e. The molecule has 1 aromatic rings. The molecule has 0 saturated heterocycles. The van der Waals surface area contributed by atoms with Crippen LogP contribution in [0, 0.1) is 11.7 Å². The highest BCUT2D eigenvalue weighted by Crippen LogP contribution is 2.15. The van der Waals surface area contributed by atoms with E-state index < -0.39 is 6.10 Å². The van der Waals surface area contributed by atoms with Crippen LogP contribution in [0.2, 0.25) is 0 Å². The predicted molar refractivity (Wildman–Crippen MR) is 71.8 cm³/mol. The summed E-state index contributed by atoms with van der Waals surface area (Å²) in [4.78, 5) is 13.2. The monoisotopic (exact) mass is 268 g/mol. The first-order chi connectivity index (χ1) is 8.93. The third-order valence-electron chi connectivity index (χ3n) is 2.76. The van der Waals surface area contributed by atoms with Gasteiger partial charge in [-0.3, -0.25) is 4.79 Å². The molecule has 5 heteroatoms. The molecule has 1 unspecified atom stereocenters. The molecule has 4 nitrogen and oxygen atoms in total. The Labute approximate surface area is 113 Å². The molecular weight excluding hydrogens is 247 g/mol. The number of amides is 1. The number of aliphatic hydroxyl groups is 1. The number of rotatable bonds is 6. The van der Waals surface area contributed by atoms with Crippen LogP contribution >= 0.6 is 0 Å². The van der Waals surface area contributed by atoms with Crippen LogP contribution in [-0.4, -0.2) is 35.5 Å². The van der Waals surface area contributed by atoms with Gasteiger partial charge < -0.3 is 15.7 Å². The minimum atomic E-state index is -0.838. The zero-order valence-corrected chi connectivity index (χ0v) is 11.3. The van der Waals surface area contributed by atoms with E-state index in [-0.39, 0.29) is 30.7 Å². The van der Waals surface area contributed by atoms with Crippen molar-refractivity contribution in [2.24, 2.45) is 11.7 Å². The van der Waals surface area contributed by atoms with Crippen molar-refractivity contribution in [3.05, 3.63) is 35.6 Å². The van der Waals surface area contributed by atoms with E-state index >= 15 is 0 Å². The van der Waals surface area contributed by atoms with Gasteiger partial charge in [-0.15, -0.1) is 0 Å². The third-order valence-corrected chi connectivity index (χ3v) is 2.76. The number of hydrogen-bond acceptors (Lipinski definition) is 3. The van der Waals surface area contributed by atoms with Crippen molar-refractivity contribution in [2.45, 2.75) is 20.0 Å². The fraction of sp³-hybridized carbons (Fsp3) is 0.500. The first-order valence-electron chi connectivity index (χ1n) is 6.35. The topological polar surface area (TPSA) is 66.6 Å². The Morgan fingerprint density at radius 1 is 1.32 bits per heavy atom. The van der Waals surface area contributed by atoms with Crippen LogP contribution < -0.4 is 5.73 Å². The first kappa shape index (κ1) is 15.6. The van der Waals surface area contributed by atoms with Crippen molar-refractivity contribution < 1.29 is 14.3 Å². The highest BCUT2D eigenvalue weighted by molar-refractivity contribution is 5.78. The van der Waals surface area contributed by atoms with Crippen molar-refractivity contribution in [1.82, 2.24) is 4.90 Å². The number of benzene rings is 1. The number of hydrogen-bond donors (Lipinski definition) is 2. The van der Waals surface area contributed by atoms with Gasteiger partial charge in [0.1, 0.15) is 5.82 Å². The van der Waals surface area contributed by atoms with Gasteiger partial charge in [-0.2, -0.15) is 0 Å². The second-order valence-electron chi connectivity index (χ2n) is 4.96. The Morgan fingerprint density at radius 2 is 1.89 bits per heavy atom. The molecule has 0 aliphatic heterocycles. The lowest BCUT2D eigenvalue weighted by atomic mass is 10.1. The molecule has 0 aliphatic carbocycles. The highest BCUT2D eigenvalue weighted by atomic mass is 19.1. The molecule has 106 valence electrons. The fourth-order valence-corrected chi connectivity index (χ4v) is 1.85.